The standard InChI is InChI=1S/C29H25ClN2O5/c1-2-37-24-15-18(9-12-23(24)33)26-25(27(34)17-7-10-20(30)11-8-17)28(35)29(36)32(26)14-13-19-16-31-22-6-4-3-5-21(19)22/h3-12,15-16,26,31,33-34H,2,13-14H2,1H3/t26-/m0/s1. The van der Waals surface area contributed by atoms with Crippen molar-refractivity contribution in [2.75, 3.05) is 13.2 Å². The summed E-state index contributed by atoms with van der Waals surface area (Å²) in [7, 11) is 0. The van der Waals surface area contributed by atoms with E-state index in [9.17, 15) is 19.8 Å². The summed E-state index contributed by atoms with van der Waals surface area (Å²) >= 11 is 6.00. The third-order valence-corrected chi connectivity index (χ3v) is 6.81. The average molecular weight is 517 g/mol. The van der Waals surface area contributed by atoms with Crippen LogP contribution in [0.4, 0.5) is 0 Å². The van der Waals surface area contributed by atoms with Gasteiger partial charge in [0.15, 0.2) is 11.5 Å². The molecule has 0 unspecified atom stereocenters. The minimum atomic E-state index is -0.874. The van der Waals surface area contributed by atoms with Gasteiger partial charge >= 0.3 is 0 Å². The number of H-pyrrole nitrogens is 1. The van der Waals surface area contributed by atoms with Crippen molar-refractivity contribution in [3.05, 3.63) is 100 Å². The van der Waals surface area contributed by atoms with Crippen molar-refractivity contribution in [1.29, 1.82) is 0 Å². The van der Waals surface area contributed by atoms with Crippen molar-refractivity contribution >= 4 is 40.0 Å². The summed E-state index contributed by atoms with van der Waals surface area (Å²) in [5, 5.41) is 23.0. The summed E-state index contributed by atoms with van der Waals surface area (Å²) in [5.74, 6) is -1.60. The molecule has 1 atom stereocenters. The van der Waals surface area contributed by atoms with Crippen LogP contribution in [0.2, 0.25) is 5.02 Å². The Bertz CT molecular complexity index is 1520. The van der Waals surface area contributed by atoms with Crippen LogP contribution in [0.5, 0.6) is 11.5 Å². The average Bonchev–Trinajstić information content (AvgIpc) is 3.42. The Kier molecular flexibility index (Phi) is 6.63. The SMILES string of the molecule is CCOc1cc([C@H]2C(=C(O)c3ccc(Cl)cc3)C(=O)C(=O)N2CCc2c[nH]c3ccccc23)ccc1O. The van der Waals surface area contributed by atoms with E-state index in [0.29, 0.717) is 29.2 Å². The molecule has 3 N–H and O–H groups in total. The van der Waals surface area contributed by atoms with E-state index in [1.807, 2.05) is 30.5 Å². The number of fused-ring (bicyclic) bond motifs is 1. The lowest BCUT2D eigenvalue weighted by Gasteiger charge is -2.26. The molecule has 0 bridgehead atoms. The topological polar surface area (TPSA) is 103 Å². The van der Waals surface area contributed by atoms with Crippen molar-refractivity contribution in [3.8, 4) is 11.5 Å². The van der Waals surface area contributed by atoms with Gasteiger partial charge < -0.3 is 24.8 Å². The second-order valence-corrected chi connectivity index (χ2v) is 9.21. The summed E-state index contributed by atoms with van der Waals surface area (Å²) < 4.78 is 5.55. The van der Waals surface area contributed by atoms with Gasteiger partial charge in [0.05, 0.1) is 18.2 Å². The minimum absolute atomic E-state index is 0.0283. The van der Waals surface area contributed by atoms with Gasteiger partial charge in [-0.25, -0.2) is 0 Å². The summed E-state index contributed by atoms with van der Waals surface area (Å²) in [6.45, 7) is 2.35. The number of aromatic hydroxyl groups is 1. The number of Topliss-reactive ketones (excluding diaryl/α,β-unsaturated/α-hetero) is 1. The molecule has 5 rings (SSSR count). The predicted molar refractivity (Wildman–Crippen MR) is 142 cm³/mol. The number of para-hydroxylation sites is 1. The Balaban J connectivity index is 1.59. The lowest BCUT2D eigenvalue weighted by molar-refractivity contribution is -0.139. The molecule has 0 saturated carbocycles. The molecule has 8 heteroatoms. The van der Waals surface area contributed by atoms with Gasteiger partial charge in [-0.15, -0.1) is 0 Å². The number of likely N-dealkylation sites (tertiary alicyclic amines) is 1. The van der Waals surface area contributed by atoms with Gasteiger partial charge in [0.2, 0.25) is 0 Å². The number of aromatic amines is 1. The fourth-order valence-corrected chi connectivity index (χ4v) is 4.90. The number of carbonyl (C=O) groups is 2. The third-order valence-electron chi connectivity index (χ3n) is 6.55. The highest BCUT2D eigenvalue weighted by atomic mass is 35.5. The predicted octanol–water partition coefficient (Wildman–Crippen LogP) is 5.59. The number of ether oxygens (including phenoxy) is 1. The van der Waals surface area contributed by atoms with Crippen LogP contribution in [-0.4, -0.2) is 44.9 Å². The number of phenols is 1. The van der Waals surface area contributed by atoms with Gasteiger partial charge in [0.25, 0.3) is 11.7 Å². The number of carbonyl (C=O) groups excluding carboxylic acids is 2. The van der Waals surface area contributed by atoms with Gasteiger partial charge in [0.1, 0.15) is 5.76 Å². The maximum atomic E-state index is 13.3. The first kappa shape index (κ1) is 24.5. The number of rotatable bonds is 7. The lowest BCUT2D eigenvalue weighted by Crippen LogP contribution is -2.31. The monoisotopic (exact) mass is 516 g/mol. The molecule has 3 aromatic carbocycles. The molecular formula is C29H25ClN2O5. The van der Waals surface area contributed by atoms with Crippen molar-refractivity contribution < 1.29 is 24.5 Å². The summed E-state index contributed by atoms with van der Waals surface area (Å²) in [5.41, 5.74) is 2.87. The number of phenolic OH excluding ortho intramolecular Hbond substituents is 1. The fourth-order valence-electron chi connectivity index (χ4n) is 4.77. The van der Waals surface area contributed by atoms with Crippen molar-refractivity contribution in [3.63, 3.8) is 0 Å². The van der Waals surface area contributed by atoms with E-state index < -0.39 is 17.7 Å². The van der Waals surface area contributed by atoms with E-state index in [1.165, 1.54) is 11.0 Å². The number of aliphatic hydroxyl groups is 1. The van der Waals surface area contributed by atoms with Gasteiger partial charge in [-0.05, 0) is 66.9 Å². The van der Waals surface area contributed by atoms with Crippen LogP contribution < -0.4 is 4.74 Å². The minimum Gasteiger partial charge on any atom is -0.507 e. The van der Waals surface area contributed by atoms with E-state index in [2.05, 4.69) is 4.98 Å². The van der Waals surface area contributed by atoms with Crippen LogP contribution in [-0.2, 0) is 16.0 Å². The molecule has 0 aliphatic carbocycles. The van der Waals surface area contributed by atoms with Crippen LogP contribution in [0, 0.1) is 0 Å². The quantitative estimate of drug-likeness (QED) is 0.169. The molecule has 0 spiro atoms. The highest BCUT2D eigenvalue weighted by Gasteiger charge is 2.46. The number of nitrogens with zero attached hydrogens (tertiary/aromatic N) is 1. The summed E-state index contributed by atoms with van der Waals surface area (Å²) in [6.07, 6.45) is 2.39. The Morgan fingerprint density at radius 2 is 1.84 bits per heavy atom. The molecule has 1 amide bonds. The molecule has 188 valence electrons. The molecule has 1 aromatic heterocycles. The Morgan fingerprint density at radius 1 is 1.08 bits per heavy atom. The maximum absolute atomic E-state index is 13.3. The zero-order valence-electron chi connectivity index (χ0n) is 20.1. The zero-order chi connectivity index (χ0) is 26.1. The summed E-state index contributed by atoms with van der Waals surface area (Å²) in [6, 6.07) is 18.1. The number of benzene rings is 3. The first-order valence-electron chi connectivity index (χ1n) is 11.9. The van der Waals surface area contributed by atoms with Gasteiger partial charge in [0, 0.05) is 34.2 Å². The Hall–Kier alpha value is -4.23. The number of halogens is 1. The Morgan fingerprint density at radius 3 is 2.59 bits per heavy atom. The molecule has 4 aromatic rings. The molecule has 1 saturated heterocycles. The van der Waals surface area contributed by atoms with Crippen LogP contribution >= 0.6 is 11.6 Å². The second kappa shape index (κ2) is 10.0. The van der Waals surface area contributed by atoms with Crippen LogP contribution in [0.1, 0.15) is 29.7 Å². The van der Waals surface area contributed by atoms with Crippen LogP contribution in [0.3, 0.4) is 0 Å². The van der Waals surface area contributed by atoms with Crippen LogP contribution in [0.15, 0.2) is 78.5 Å². The molecule has 7 nitrogen and oxygen atoms in total. The molecular weight excluding hydrogens is 492 g/mol. The third kappa shape index (κ3) is 4.54. The van der Waals surface area contributed by atoms with Crippen LogP contribution in [0.25, 0.3) is 16.7 Å². The van der Waals surface area contributed by atoms with E-state index in [4.69, 9.17) is 16.3 Å². The lowest BCUT2D eigenvalue weighted by atomic mass is 9.95. The van der Waals surface area contributed by atoms with Gasteiger partial charge in [-0.2, -0.15) is 0 Å². The number of nitrogens with one attached hydrogen (secondary N) is 1. The van der Waals surface area contributed by atoms with Crippen molar-refractivity contribution in [2.45, 2.75) is 19.4 Å². The molecule has 1 fully saturated rings. The zero-order valence-corrected chi connectivity index (χ0v) is 20.8. The smallest absolute Gasteiger partial charge is 0.295 e. The number of hydrogen-bond acceptors (Lipinski definition) is 5. The Labute approximate surface area is 218 Å². The molecule has 2 heterocycles. The van der Waals surface area contributed by atoms with Gasteiger partial charge in [-0.1, -0.05) is 35.9 Å². The second-order valence-electron chi connectivity index (χ2n) is 8.77. The number of aliphatic hydroxyl groups excluding tert-OH is 1. The van der Waals surface area contributed by atoms with E-state index in [-0.39, 0.29) is 29.4 Å². The number of hydrogen-bond donors (Lipinski definition) is 3. The van der Waals surface area contributed by atoms with Crippen molar-refractivity contribution in [1.82, 2.24) is 9.88 Å². The molecule has 0 radical (unpaired) electrons. The maximum Gasteiger partial charge on any atom is 0.295 e. The number of aromatic nitrogens is 1. The highest BCUT2D eigenvalue weighted by Crippen LogP contribution is 2.42. The van der Waals surface area contributed by atoms with Gasteiger partial charge in [-0.3, -0.25) is 9.59 Å². The first-order valence-corrected chi connectivity index (χ1v) is 12.3. The normalized spacial score (nSPS) is 17.0. The van der Waals surface area contributed by atoms with E-state index in [1.54, 1.807) is 43.3 Å². The van der Waals surface area contributed by atoms with Crippen molar-refractivity contribution in [2.24, 2.45) is 0 Å². The largest absolute Gasteiger partial charge is 0.507 e. The molecule has 1 aliphatic rings. The number of ketones is 1. The number of amides is 1. The van der Waals surface area contributed by atoms with E-state index >= 15 is 0 Å². The molecule has 37 heavy (non-hydrogen) atoms. The highest BCUT2D eigenvalue weighted by molar-refractivity contribution is 6.46. The first-order chi connectivity index (χ1) is 17.9. The fraction of sp³-hybridized carbons (Fsp3) is 0.172. The molecule has 1 aliphatic heterocycles. The summed E-state index contributed by atoms with van der Waals surface area (Å²) in [4.78, 5) is 31.3. The van der Waals surface area contributed by atoms with E-state index in [0.717, 1.165) is 16.5 Å².